The number of nitrogens with one attached hydrogen (secondary N) is 3. The number of thioether (sulfide) groups is 1. The van der Waals surface area contributed by atoms with Crippen LogP contribution in [-0.2, 0) is 19.1 Å². The van der Waals surface area contributed by atoms with Crippen LogP contribution in [0.5, 0.6) is 0 Å². The van der Waals surface area contributed by atoms with Gasteiger partial charge in [0.05, 0.1) is 0 Å². The van der Waals surface area contributed by atoms with E-state index in [1.165, 1.54) is 6.92 Å². The van der Waals surface area contributed by atoms with Crippen LogP contribution >= 0.6 is 11.8 Å². The van der Waals surface area contributed by atoms with E-state index in [1.54, 1.807) is 32.5 Å². The second kappa shape index (κ2) is 12.8. The minimum atomic E-state index is -1.05. The van der Waals surface area contributed by atoms with Gasteiger partial charge in [0.2, 0.25) is 11.8 Å². The molecule has 178 valence electrons. The quantitative estimate of drug-likeness (QED) is 0.393. The Kier molecular flexibility index (Phi) is 11.2. The highest BCUT2D eigenvalue weighted by Crippen LogP contribution is 2.28. The number of hydrogen-bond donors (Lipinski definition) is 4. The van der Waals surface area contributed by atoms with E-state index in [2.05, 4.69) is 16.0 Å². The summed E-state index contributed by atoms with van der Waals surface area (Å²) in [7, 11) is 0. The number of rotatable bonds is 10. The Balaban J connectivity index is 2.47. The topological polar surface area (TPSA) is 134 Å². The first-order chi connectivity index (χ1) is 14.4. The van der Waals surface area contributed by atoms with Gasteiger partial charge in [-0.05, 0) is 77.7 Å². The molecule has 0 aromatic heterocycles. The summed E-state index contributed by atoms with van der Waals surface area (Å²) in [6.45, 7) is 7.22. The summed E-state index contributed by atoms with van der Waals surface area (Å²) >= 11 is 1.60. The molecule has 0 aromatic carbocycles. The standard InChI is InChI=1S/C21H37N3O6S/c1-13(19(27)28)23-17(25)15-8-6-14(7-9-15)12-22-18(26)16(10-11-31-5)24-20(29)30-21(2,3)4/h13-16H,6-12H2,1-5H3,(H,22,26)(H,23,25)(H,24,29)(H,27,28)/t13-,14?,15?,16-/m1/s1. The maximum absolute atomic E-state index is 12.6. The van der Waals surface area contributed by atoms with Crippen LogP contribution in [0.25, 0.3) is 0 Å². The molecule has 1 fully saturated rings. The highest BCUT2D eigenvalue weighted by Gasteiger charge is 2.29. The molecule has 0 radical (unpaired) electrons. The van der Waals surface area contributed by atoms with Crippen LogP contribution in [-0.4, -0.2) is 65.2 Å². The van der Waals surface area contributed by atoms with Gasteiger partial charge in [-0.1, -0.05) is 0 Å². The summed E-state index contributed by atoms with van der Waals surface area (Å²) in [5.74, 6) is -0.750. The molecule has 9 nitrogen and oxygen atoms in total. The Morgan fingerprint density at radius 2 is 1.71 bits per heavy atom. The highest BCUT2D eigenvalue weighted by atomic mass is 32.2. The average Bonchev–Trinajstić information content (AvgIpc) is 2.68. The van der Waals surface area contributed by atoms with Gasteiger partial charge in [-0.3, -0.25) is 14.4 Å². The Bertz CT molecular complexity index is 629. The lowest BCUT2D eigenvalue weighted by molar-refractivity contribution is -0.142. The van der Waals surface area contributed by atoms with Crippen LogP contribution < -0.4 is 16.0 Å². The SMILES string of the molecule is CSCC[C@@H](NC(=O)OC(C)(C)C)C(=O)NCC1CCC(C(=O)N[C@H](C)C(=O)O)CC1. The minimum absolute atomic E-state index is 0.197. The predicted molar refractivity (Wildman–Crippen MR) is 120 cm³/mol. The Morgan fingerprint density at radius 3 is 2.23 bits per heavy atom. The largest absolute Gasteiger partial charge is 0.480 e. The molecule has 4 N–H and O–H groups in total. The third-order valence-corrected chi connectivity index (χ3v) is 5.77. The summed E-state index contributed by atoms with van der Waals surface area (Å²) in [6.07, 6.45) is 4.68. The first-order valence-electron chi connectivity index (χ1n) is 10.7. The molecule has 0 aliphatic heterocycles. The molecular weight excluding hydrogens is 422 g/mol. The lowest BCUT2D eigenvalue weighted by Crippen LogP contribution is -2.49. The van der Waals surface area contributed by atoms with Gasteiger partial charge in [0.1, 0.15) is 17.7 Å². The Morgan fingerprint density at radius 1 is 1.10 bits per heavy atom. The fraction of sp³-hybridized carbons (Fsp3) is 0.810. The van der Waals surface area contributed by atoms with E-state index in [9.17, 15) is 19.2 Å². The van der Waals surface area contributed by atoms with Gasteiger partial charge in [-0.2, -0.15) is 11.8 Å². The van der Waals surface area contributed by atoms with Gasteiger partial charge in [-0.25, -0.2) is 4.79 Å². The zero-order valence-corrected chi connectivity index (χ0v) is 20.0. The van der Waals surface area contributed by atoms with Crippen LogP contribution in [0.1, 0.15) is 59.8 Å². The molecule has 1 aliphatic rings. The summed E-state index contributed by atoms with van der Waals surface area (Å²) in [5.41, 5.74) is -0.641. The van der Waals surface area contributed by atoms with Crippen LogP contribution in [0, 0.1) is 11.8 Å². The molecule has 31 heavy (non-hydrogen) atoms. The van der Waals surface area contributed by atoms with Crippen molar-refractivity contribution in [3.63, 3.8) is 0 Å². The van der Waals surface area contributed by atoms with E-state index < -0.39 is 29.7 Å². The van der Waals surface area contributed by atoms with Crippen LogP contribution in [0.15, 0.2) is 0 Å². The number of carboxylic acids is 1. The van der Waals surface area contributed by atoms with E-state index in [-0.39, 0.29) is 23.7 Å². The lowest BCUT2D eigenvalue weighted by Gasteiger charge is -2.29. The molecule has 3 amide bonds. The predicted octanol–water partition coefficient (Wildman–Crippen LogP) is 2.14. The van der Waals surface area contributed by atoms with Crippen LogP contribution in [0.3, 0.4) is 0 Å². The second-order valence-corrected chi connectivity index (χ2v) is 10.00. The lowest BCUT2D eigenvalue weighted by atomic mass is 9.81. The molecule has 0 unspecified atom stereocenters. The van der Waals surface area contributed by atoms with E-state index in [0.717, 1.165) is 18.6 Å². The molecule has 1 saturated carbocycles. The Hall–Kier alpha value is -1.97. The van der Waals surface area contributed by atoms with Crippen molar-refractivity contribution in [1.82, 2.24) is 16.0 Å². The third-order valence-electron chi connectivity index (χ3n) is 5.13. The normalized spacial score (nSPS) is 20.8. The Labute approximate surface area is 188 Å². The van der Waals surface area contributed by atoms with Gasteiger partial charge < -0.3 is 25.8 Å². The van der Waals surface area contributed by atoms with Crippen LogP contribution in [0.2, 0.25) is 0 Å². The number of aliphatic carboxylic acids is 1. The number of amides is 3. The van der Waals surface area contributed by atoms with Gasteiger partial charge in [0, 0.05) is 12.5 Å². The average molecular weight is 460 g/mol. The van der Waals surface area contributed by atoms with Gasteiger partial charge in [0.25, 0.3) is 0 Å². The first kappa shape index (κ1) is 27.1. The molecule has 0 saturated heterocycles. The van der Waals surface area contributed by atoms with Crippen molar-refractivity contribution in [1.29, 1.82) is 0 Å². The van der Waals surface area contributed by atoms with Crippen molar-refractivity contribution in [3.8, 4) is 0 Å². The van der Waals surface area contributed by atoms with E-state index in [0.29, 0.717) is 25.8 Å². The van der Waals surface area contributed by atoms with Crippen molar-refractivity contribution in [2.24, 2.45) is 11.8 Å². The summed E-state index contributed by atoms with van der Waals surface area (Å²) in [5, 5.41) is 17.0. The van der Waals surface area contributed by atoms with Crippen molar-refractivity contribution in [2.45, 2.75) is 77.5 Å². The molecule has 1 aliphatic carbocycles. The maximum Gasteiger partial charge on any atom is 0.408 e. The number of ether oxygens (including phenoxy) is 1. The number of hydrogen-bond acceptors (Lipinski definition) is 6. The number of carbonyl (C=O) groups is 4. The van der Waals surface area contributed by atoms with E-state index in [4.69, 9.17) is 9.84 Å². The fourth-order valence-electron chi connectivity index (χ4n) is 3.34. The molecule has 0 bridgehead atoms. The number of carbonyl (C=O) groups excluding carboxylic acids is 3. The molecule has 0 heterocycles. The van der Waals surface area contributed by atoms with E-state index >= 15 is 0 Å². The van der Waals surface area contributed by atoms with Crippen molar-refractivity contribution < 1.29 is 29.0 Å². The zero-order valence-electron chi connectivity index (χ0n) is 19.2. The molecular formula is C21H37N3O6S. The molecule has 10 heteroatoms. The summed E-state index contributed by atoms with van der Waals surface area (Å²) in [4.78, 5) is 47.8. The first-order valence-corrected chi connectivity index (χ1v) is 12.1. The monoisotopic (exact) mass is 459 g/mol. The number of alkyl carbamates (subject to hydrolysis) is 1. The fourth-order valence-corrected chi connectivity index (χ4v) is 3.82. The summed E-state index contributed by atoms with van der Waals surface area (Å²) in [6, 6.07) is -1.57. The van der Waals surface area contributed by atoms with Gasteiger partial charge >= 0.3 is 12.1 Å². The minimum Gasteiger partial charge on any atom is -0.480 e. The molecule has 0 spiro atoms. The highest BCUT2D eigenvalue weighted by molar-refractivity contribution is 7.98. The van der Waals surface area contributed by atoms with Crippen molar-refractivity contribution >= 4 is 35.6 Å². The van der Waals surface area contributed by atoms with E-state index in [1.807, 2.05) is 6.26 Å². The van der Waals surface area contributed by atoms with Crippen LogP contribution in [0.4, 0.5) is 4.79 Å². The zero-order chi connectivity index (χ0) is 23.6. The van der Waals surface area contributed by atoms with Gasteiger partial charge in [0.15, 0.2) is 0 Å². The molecule has 0 aromatic rings. The summed E-state index contributed by atoms with van der Waals surface area (Å²) < 4.78 is 5.26. The third kappa shape index (κ3) is 10.8. The second-order valence-electron chi connectivity index (χ2n) is 9.01. The van der Waals surface area contributed by atoms with Gasteiger partial charge in [-0.15, -0.1) is 0 Å². The molecule has 2 atom stereocenters. The van der Waals surface area contributed by atoms with Crippen molar-refractivity contribution in [2.75, 3.05) is 18.6 Å². The maximum atomic E-state index is 12.6. The molecule has 1 rings (SSSR count). The smallest absolute Gasteiger partial charge is 0.408 e. The number of carboxylic acid groups (broad SMARTS) is 1. The van der Waals surface area contributed by atoms with Crippen molar-refractivity contribution in [3.05, 3.63) is 0 Å².